The lowest BCUT2D eigenvalue weighted by molar-refractivity contribution is -0.144. The molecule has 1 aromatic rings. The van der Waals surface area contributed by atoms with E-state index < -0.39 is 11.0 Å². The van der Waals surface area contributed by atoms with Crippen molar-refractivity contribution in [2.24, 2.45) is 5.41 Å². The lowest BCUT2D eigenvalue weighted by Gasteiger charge is -2.39. The quantitative estimate of drug-likeness (QED) is 0.692. The number of carbonyl (C=O) groups is 1. The van der Waals surface area contributed by atoms with Crippen LogP contribution in [0.2, 0.25) is 5.02 Å². The first kappa shape index (κ1) is 21.1. The predicted octanol–water partition coefficient (Wildman–Crippen LogP) is 4.18. The van der Waals surface area contributed by atoms with E-state index in [0.717, 1.165) is 0 Å². The first-order chi connectivity index (χ1) is 11.0. The monoisotopic (exact) mass is 374 g/mol. The molecule has 6 heteroatoms. The molecule has 0 radical (unpaired) electrons. The third-order valence-electron chi connectivity index (χ3n) is 3.62. The third-order valence-corrected chi connectivity index (χ3v) is 4.99. The van der Waals surface area contributed by atoms with Gasteiger partial charge in [0.2, 0.25) is 0 Å². The summed E-state index contributed by atoms with van der Waals surface area (Å²) in [5, 5.41) is 11.7. The molecule has 0 saturated heterocycles. The highest BCUT2D eigenvalue weighted by atomic mass is 35.5. The van der Waals surface area contributed by atoms with Gasteiger partial charge in [0.1, 0.15) is 18.0 Å². The van der Waals surface area contributed by atoms with Crippen molar-refractivity contribution in [2.45, 2.75) is 46.3 Å². The Labute approximate surface area is 153 Å². The molecular weight excluding hydrogens is 348 g/mol. The minimum atomic E-state index is -1.09. The fourth-order valence-electron chi connectivity index (χ4n) is 1.81. The van der Waals surface area contributed by atoms with Gasteiger partial charge in [-0.25, -0.2) is 0 Å². The molecule has 0 aliphatic rings. The van der Waals surface area contributed by atoms with Gasteiger partial charge < -0.3 is 14.6 Å². The lowest BCUT2D eigenvalue weighted by Crippen LogP contribution is -2.50. The SMILES string of the molecule is CC(C)OC(=O)CSCC(O)(COc1ccc(Cl)cc1)C(C)(C)C. The highest BCUT2D eigenvalue weighted by molar-refractivity contribution is 8.00. The summed E-state index contributed by atoms with van der Waals surface area (Å²) < 4.78 is 10.8. The highest BCUT2D eigenvalue weighted by Crippen LogP contribution is 2.34. The van der Waals surface area contributed by atoms with Crippen molar-refractivity contribution in [3.8, 4) is 5.75 Å². The molecule has 0 spiro atoms. The number of hydrogen-bond donors (Lipinski definition) is 1. The normalized spacial score (nSPS) is 14.3. The van der Waals surface area contributed by atoms with Crippen LogP contribution in [0.15, 0.2) is 24.3 Å². The summed E-state index contributed by atoms with van der Waals surface area (Å²) in [7, 11) is 0. The first-order valence-electron chi connectivity index (χ1n) is 7.91. The maximum absolute atomic E-state index is 11.6. The van der Waals surface area contributed by atoms with Gasteiger partial charge in [0.25, 0.3) is 0 Å². The van der Waals surface area contributed by atoms with E-state index in [1.54, 1.807) is 24.3 Å². The molecule has 0 aliphatic heterocycles. The summed E-state index contributed by atoms with van der Waals surface area (Å²) in [4.78, 5) is 11.6. The summed E-state index contributed by atoms with van der Waals surface area (Å²) in [5.74, 6) is 0.950. The topological polar surface area (TPSA) is 55.8 Å². The predicted molar refractivity (Wildman–Crippen MR) is 99.9 cm³/mol. The molecule has 4 nitrogen and oxygen atoms in total. The zero-order valence-electron chi connectivity index (χ0n) is 15.0. The van der Waals surface area contributed by atoms with E-state index in [9.17, 15) is 9.90 Å². The lowest BCUT2D eigenvalue weighted by atomic mass is 9.78. The van der Waals surface area contributed by atoms with Crippen molar-refractivity contribution in [1.29, 1.82) is 0 Å². The zero-order valence-corrected chi connectivity index (χ0v) is 16.5. The number of hydrogen-bond acceptors (Lipinski definition) is 5. The van der Waals surface area contributed by atoms with E-state index in [1.165, 1.54) is 11.8 Å². The van der Waals surface area contributed by atoms with E-state index >= 15 is 0 Å². The summed E-state index contributed by atoms with van der Waals surface area (Å²) >= 11 is 7.21. The fraction of sp³-hybridized carbons (Fsp3) is 0.611. The van der Waals surface area contributed by atoms with Gasteiger partial charge in [0.05, 0.1) is 11.9 Å². The molecule has 0 saturated carbocycles. The fourth-order valence-corrected chi connectivity index (χ4v) is 3.13. The van der Waals surface area contributed by atoms with Crippen LogP contribution in [0.5, 0.6) is 5.75 Å². The van der Waals surface area contributed by atoms with Crippen LogP contribution < -0.4 is 4.74 Å². The number of ether oxygens (including phenoxy) is 2. The van der Waals surface area contributed by atoms with Gasteiger partial charge in [-0.15, -0.1) is 11.8 Å². The molecule has 1 unspecified atom stereocenters. The second kappa shape index (κ2) is 8.97. The molecule has 1 N–H and O–H groups in total. The van der Waals surface area contributed by atoms with Crippen LogP contribution in [-0.2, 0) is 9.53 Å². The molecule has 0 heterocycles. The van der Waals surface area contributed by atoms with Crippen LogP contribution in [-0.4, -0.2) is 40.9 Å². The molecule has 1 aromatic carbocycles. The van der Waals surface area contributed by atoms with Gasteiger partial charge >= 0.3 is 5.97 Å². The molecule has 0 bridgehead atoms. The Morgan fingerprint density at radius 1 is 1.25 bits per heavy atom. The highest BCUT2D eigenvalue weighted by Gasteiger charge is 2.41. The smallest absolute Gasteiger partial charge is 0.316 e. The summed E-state index contributed by atoms with van der Waals surface area (Å²) in [5.41, 5.74) is -1.50. The number of thioether (sulfide) groups is 1. The molecule has 0 amide bonds. The van der Waals surface area contributed by atoms with E-state index in [-0.39, 0.29) is 24.4 Å². The Balaban J connectivity index is 2.62. The van der Waals surface area contributed by atoms with E-state index in [2.05, 4.69) is 0 Å². The number of carbonyl (C=O) groups excluding carboxylic acids is 1. The van der Waals surface area contributed by atoms with Crippen molar-refractivity contribution in [1.82, 2.24) is 0 Å². The number of benzene rings is 1. The molecule has 24 heavy (non-hydrogen) atoms. The number of rotatable bonds is 8. The molecule has 0 fully saturated rings. The Hall–Kier alpha value is -0.910. The maximum Gasteiger partial charge on any atom is 0.316 e. The van der Waals surface area contributed by atoms with Crippen LogP contribution in [0, 0.1) is 5.41 Å². The van der Waals surface area contributed by atoms with Gasteiger partial charge in [-0.3, -0.25) is 4.79 Å². The van der Waals surface area contributed by atoms with Crippen molar-refractivity contribution in [2.75, 3.05) is 18.1 Å². The average molecular weight is 375 g/mol. The summed E-state index contributed by atoms with van der Waals surface area (Å²) in [6.45, 7) is 9.61. The standard InChI is InChI=1S/C18H27ClO4S/c1-13(2)23-16(20)10-24-12-18(21,17(3,4)5)11-22-15-8-6-14(19)7-9-15/h6-9,13,21H,10-12H2,1-5H3. The number of halogens is 1. The zero-order chi connectivity index (χ0) is 18.4. The van der Waals surface area contributed by atoms with E-state index in [4.69, 9.17) is 21.1 Å². The van der Waals surface area contributed by atoms with Gasteiger partial charge in [0.15, 0.2) is 0 Å². The van der Waals surface area contributed by atoms with Gasteiger partial charge in [-0.05, 0) is 43.5 Å². The molecule has 1 rings (SSSR count). The second-order valence-electron chi connectivity index (χ2n) is 7.06. The van der Waals surface area contributed by atoms with Gasteiger partial charge in [-0.1, -0.05) is 32.4 Å². The van der Waals surface area contributed by atoms with Crippen LogP contribution in [0.4, 0.5) is 0 Å². The Morgan fingerprint density at radius 3 is 2.33 bits per heavy atom. The second-order valence-corrected chi connectivity index (χ2v) is 8.48. The van der Waals surface area contributed by atoms with Crippen molar-refractivity contribution >= 4 is 29.3 Å². The number of aliphatic hydroxyl groups is 1. The Bertz CT molecular complexity index is 525. The minimum absolute atomic E-state index is 0.129. The molecule has 1 atom stereocenters. The van der Waals surface area contributed by atoms with Crippen LogP contribution in [0.3, 0.4) is 0 Å². The largest absolute Gasteiger partial charge is 0.491 e. The Kier molecular flexibility index (Phi) is 7.90. The van der Waals surface area contributed by atoms with Crippen molar-refractivity contribution < 1.29 is 19.4 Å². The molecule has 0 aromatic heterocycles. The number of esters is 1. The van der Waals surface area contributed by atoms with Crippen molar-refractivity contribution in [3.05, 3.63) is 29.3 Å². The third kappa shape index (κ3) is 6.91. The maximum atomic E-state index is 11.6. The van der Waals surface area contributed by atoms with Crippen LogP contribution in [0.25, 0.3) is 0 Å². The Morgan fingerprint density at radius 2 is 1.83 bits per heavy atom. The van der Waals surface area contributed by atoms with E-state index in [1.807, 2.05) is 34.6 Å². The minimum Gasteiger partial charge on any atom is -0.491 e. The molecular formula is C18H27ClO4S. The summed E-state index contributed by atoms with van der Waals surface area (Å²) in [6.07, 6.45) is -0.132. The van der Waals surface area contributed by atoms with Crippen LogP contribution >= 0.6 is 23.4 Å². The molecule has 136 valence electrons. The van der Waals surface area contributed by atoms with E-state index in [0.29, 0.717) is 16.5 Å². The van der Waals surface area contributed by atoms with Gasteiger partial charge in [-0.2, -0.15) is 0 Å². The van der Waals surface area contributed by atoms with Gasteiger partial charge in [0, 0.05) is 10.8 Å². The first-order valence-corrected chi connectivity index (χ1v) is 9.45. The summed E-state index contributed by atoms with van der Waals surface area (Å²) in [6, 6.07) is 7.00. The van der Waals surface area contributed by atoms with Crippen molar-refractivity contribution in [3.63, 3.8) is 0 Å². The average Bonchev–Trinajstić information content (AvgIpc) is 2.44. The van der Waals surface area contributed by atoms with Crippen LogP contribution in [0.1, 0.15) is 34.6 Å². The molecule has 0 aliphatic carbocycles.